The zero-order valence-corrected chi connectivity index (χ0v) is 18.5. The molecule has 0 spiro atoms. The normalized spacial score (nSPS) is 11.2. The number of rotatable bonds is 11. The first kappa shape index (κ1) is 22.4. The largest absolute Gasteiger partial charge is 0.494 e. The van der Waals surface area contributed by atoms with E-state index in [-0.39, 0.29) is 5.97 Å². The summed E-state index contributed by atoms with van der Waals surface area (Å²) in [5.41, 5.74) is 4.06. The highest BCUT2D eigenvalue weighted by Crippen LogP contribution is 2.28. The molecule has 0 unspecified atom stereocenters. The van der Waals surface area contributed by atoms with Gasteiger partial charge in [-0.3, -0.25) is 0 Å². The van der Waals surface area contributed by atoms with Gasteiger partial charge in [0.1, 0.15) is 5.75 Å². The molecule has 1 aromatic heterocycles. The zero-order valence-electron chi connectivity index (χ0n) is 18.5. The molecular weight excluding hydrogens is 386 g/mol. The Morgan fingerprint density at radius 2 is 1.68 bits per heavy atom. The molecule has 0 aliphatic heterocycles. The summed E-state index contributed by atoms with van der Waals surface area (Å²) in [4.78, 5) is 11.3. The molecule has 0 amide bonds. The Morgan fingerprint density at radius 1 is 1.00 bits per heavy atom. The third-order valence-corrected chi connectivity index (χ3v) is 5.15. The molecule has 0 fully saturated rings. The third kappa shape index (κ3) is 6.35. The predicted octanol–water partition coefficient (Wildman–Crippen LogP) is 6.46. The second-order valence-corrected chi connectivity index (χ2v) is 7.69. The quantitative estimate of drug-likeness (QED) is 0.156. The van der Waals surface area contributed by atoms with Crippen molar-refractivity contribution in [2.24, 2.45) is 7.05 Å². The molecule has 0 aliphatic rings. The smallest absolute Gasteiger partial charge is 0.333 e. The second kappa shape index (κ2) is 11.2. The summed E-state index contributed by atoms with van der Waals surface area (Å²) in [5, 5.41) is 1.25. The van der Waals surface area contributed by atoms with Crippen molar-refractivity contribution in [3.63, 3.8) is 0 Å². The number of benzene rings is 2. The molecule has 162 valence electrons. The molecule has 0 bridgehead atoms. The predicted molar refractivity (Wildman–Crippen MR) is 127 cm³/mol. The zero-order chi connectivity index (χ0) is 22.1. The number of esters is 1. The van der Waals surface area contributed by atoms with Crippen LogP contribution in [0.3, 0.4) is 0 Å². The van der Waals surface area contributed by atoms with Crippen molar-refractivity contribution >= 4 is 16.9 Å². The van der Waals surface area contributed by atoms with Crippen molar-refractivity contribution < 1.29 is 14.3 Å². The van der Waals surface area contributed by atoms with E-state index in [4.69, 9.17) is 9.47 Å². The van der Waals surface area contributed by atoms with E-state index in [1.807, 2.05) is 12.1 Å². The lowest BCUT2D eigenvalue weighted by Gasteiger charge is -2.08. The van der Waals surface area contributed by atoms with Gasteiger partial charge in [-0.25, -0.2) is 4.79 Å². The van der Waals surface area contributed by atoms with Crippen molar-refractivity contribution in [3.05, 3.63) is 78.9 Å². The molecule has 0 N–H and O–H groups in total. The van der Waals surface area contributed by atoms with Gasteiger partial charge in [0.15, 0.2) is 0 Å². The van der Waals surface area contributed by atoms with Gasteiger partial charge >= 0.3 is 5.97 Å². The molecular formula is C27H31NO3. The molecule has 31 heavy (non-hydrogen) atoms. The van der Waals surface area contributed by atoms with E-state index in [0.717, 1.165) is 31.4 Å². The molecule has 3 rings (SSSR count). The molecule has 0 radical (unpaired) electrons. The molecule has 0 saturated heterocycles. The number of unbranched alkanes of at least 4 members (excludes halogenated alkanes) is 2. The number of para-hydroxylation sites is 1. The van der Waals surface area contributed by atoms with Crippen LogP contribution in [0.25, 0.3) is 22.2 Å². The first-order chi connectivity index (χ1) is 15.1. The van der Waals surface area contributed by atoms with E-state index >= 15 is 0 Å². The fourth-order valence-corrected chi connectivity index (χ4v) is 3.40. The summed E-state index contributed by atoms with van der Waals surface area (Å²) in [7, 11) is 2.10. The van der Waals surface area contributed by atoms with Gasteiger partial charge in [0, 0.05) is 29.2 Å². The lowest BCUT2D eigenvalue weighted by molar-refractivity contribution is -0.139. The summed E-state index contributed by atoms with van der Waals surface area (Å²) in [5.74, 6) is 0.581. The van der Waals surface area contributed by atoms with Crippen molar-refractivity contribution in [2.75, 3.05) is 13.2 Å². The van der Waals surface area contributed by atoms with Crippen molar-refractivity contribution in [2.45, 2.75) is 32.6 Å². The number of hydrogen-bond donors (Lipinski definition) is 0. The standard InChI is InChI=1S/C27H31NO3/c1-21(2)27(29)31-19-11-7-5-4-6-10-18-30-24-16-14-22(15-17-24)26-20-23-12-8-9-13-25(23)28(26)3/h4-5,8-9,12-17,20H,1,6-7,10-11,18-19H2,2-3H3/b5-4+. The number of hydrogen-bond acceptors (Lipinski definition) is 3. The SMILES string of the molecule is C=C(C)C(=O)OCCC/C=C/CCCOc1ccc(-c2cc3ccccc3n2C)cc1. The number of fused-ring (bicyclic) bond motifs is 1. The average molecular weight is 418 g/mol. The van der Waals surface area contributed by atoms with Crippen LogP contribution in [0.2, 0.25) is 0 Å². The van der Waals surface area contributed by atoms with Crippen LogP contribution in [0.4, 0.5) is 0 Å². The number of carbonyl (C=O) groups is 1. The minimum Gasteiger partial charge on any atom is -0.494 e. The first-order valence-corrected chi connectivity index (χ1v) is 10.8. The van der Waals surface area contributed by atoms with Crippen molar-refractivity contribution in [1.82, 2.24) is 4.57 Å². The van der Waals surface area contributed by atoms with Crippen LogP contribution in [0.1, 0.15) is 32.6 Å². The van der Waals surface area contributed by atoms with E-state index < -0.39 is 0 Å². The molecule has 3 aromatic rings. The minimum atomic E-state index is -0.314. The van der Waals surface area contributed by atoms with Gasteiger partial charge in [-0.2, -0.15) is 0 Å². The average Bonchev–Trinajstić information content (AvgIpc) is 3.12. The van der Waals surface area contributed by atoms with E-state index in [1.165, 1.54) is 22.2 Å². The summed E-state index contributed by atoms with van der Waals surface area (Å²) in [6.07, 6.45) is 7.96. The Hall–Kier alpha value is -3.27. The van der Waals surface area contributed by atoms with Crippen LogP contribution in [0, 0.1) is 0 Å². The van der Waals surface area contributed by atoms with E-state index in [1.54, 1.807) is 6.92 Å². The topological polar surface area (TPSA) is 40.5 Å². The highest BCUT2D eigenvalue weighted by Gasteiger charge is 2.07. The summed E-state index contributed by atoms with van der Waals surface area (Å²) in [6.45, 7) is 6.35. The summed E-state index contributed by atoms with van der Waals surface area (Å²) >= 11 is 0. The van der Waals surface area contributed by atoms with Gasteiger partial charge in [0.05, 0.1) is 13.2 Å². The monoisotopic (exact) mass is 417 g/mol. The maximum absolute atomic E-state index is 11.3. The molecule has 0 saturated carbocycles. The van der Waals surface area contributed by atoms with E-state index in [2.05, 4.69) is 72.8 Å². The van der Waals surface area contributed by atoms with Gasteiger partial charge in [0.2, 0.25) is 0 Å². The molecule has 0 atom stereocenters. The molecule has 4 nitrogen and oxygen atoms in total. The molecule has 4 heteroatoms. The molecule has 2 aromatic carbocycles. The van der Waals surface area contributed by atoms with E-state index in [0.29, 0.717) is 18.8 Å². The number of nitrogens with zero attached hydrogens (tertiary/aromatic N) is 1. The lowest BCUT2D eigenvalue weighted by Crippen LogP contribution is -2.05. The van der Waals surface area contributed by atoms with Gasteiger partial charge in [0.25, 0.3) is 0 Å². The first-order valence-electron chi connectivity index (χ1n) is 10.8. The molecule has 0 aliphatic carbocycles. The number of carbonyl (C=O) groups excluding carboxylic acids is 1. The number of ether oxygens (including phenoxy) is 2. The highest BCUT2D eigenvalue weighted by atomic mass is 16.5. The fraction of sp³-hybridized carbons (Fsp3) is 0.296. The van der Waals surface area contributed by atoms with Crippen molar-refractivity contribution in [3.8, 4) is 17.0 Å². The van der Waals surface area contributed by atoms with Crippen LogP contribution in [0.15, 0.2) is 78.9 Å². The maximum Gasteiger partial charge on any atom is 0.333 e. The molecule has 1 heterocycles. The third-order valence-electron chi connectivity index (χ3n) is 5.15. The van der Waals surface area contributed by atoms with Gasteiger partial charge in [-0.15, -0.1) is 0 Å². The fourth-order valence-electron chi connectivity index (χ4n) is 3.40. The van der Waals surface area contributed by atoms with Gasteiger partial charge < -0.3 is 14.0 Å². The lowest BCUT2D eigenvalue weighted by atomic mass is 10.1. The minimum absolute atomic E-state index is 0.314. The van der Waals surface area contributed by atoms with Crippen molar-refractivity contribution in [1.29, 1.82) is 0 Å². The van der Waals surface area contributed by atoms with Crippen LogP contribution in [-0.2, 0) is 16.6 Å². The van der Waals surface area contributed by atoms with Crippen LogP contribution < -0.4 is 4.74 Å². The Kier molecular flexibility index (Phi) is 8.11. The summed E-state index contributed by atoms with van der Waals surface area (Å²) < 4.78 is 13.2. The van der Waals surface area contributed by atoms with Crippen LogP contribution in [0.5, 0.6) is 5.75 Å². The Bertz CT molecular complexity index is 1040. The number of aryl methyl sites for hydroxylation is 1. The van der Waals surface area contributed by atoms with Gasteiger partial charge in [-0.05, 0) is 74.6 Å². The second-order valence-electron chi connectivity index (χ2n) is 7.69. The van der Waals surface area contributed by atoms with Crippen LogP contribution in [-0.4, -0.2) is 23.8 Å². The number of allylic oxidation sites excluding steroid dienone is 2. The van der Waals surface area contributed by atoms with Crippen LogP contribution >= 0.6 is 0 Å². The highest BCUT2D eigenvalue weighted by molar-refractivity contribution is 5.87. The van der Waals surface area contributed by atoms with E-state index in [9.17, 15) is 4.79 Å². The Morgan fingerprint density at radius 3 is 2.35 bits per heavy atom. The Labute approximate surface area is 184 Å². The van der Waals surface area contributed by atoms with Gasteiger partial charge in [-0.1, -0.05) is 36.9 Å². The maximum atomic E-state index is 11.3. The number of aromatic nitrogens is 1. The Balaban J connectivity index is 1.36. The summed E-state index contributed by atoms with van der Waals surface area (Å²) in [6, 6.07) is 19.0.